The lowest BCUT2D eigenvalue weighted by Crippen LogP contribution is -2.27. The summed E-state index contributed by atoms with van der Waals surface area (Å²) >= 11 is 0. The predicted octanol–water partition coefficient (Wildman–Crippen LogP) is 2.55. The van der Waals surface area contributed by atoms with Crippen LogP contribution in [0.5, 0.6) is 0 Å². The van der Waals surface area contributed by atoms with Crippen molar-refractivity contribution in [3.05, 3.63) is 82.4 Å². The zero-order chi connectivity index (χ0) is 22.5. The molecule has 1 aromatic carbocycles. The molecule has 158 valence electrons. The van der Waals surface area contributed by atoms with E-state index in [0.717, 1.165) is 5.56 Å². The lowest BCUT2D eigenvalue weighted by molar-refractivity contribution is -0.385. The molecule has 0 aliphatic carbocycles. The number of nitrogens with zero attached hydrogens (tertiary/aromatic N) is 6. The Hall–Kier alpha value is -4.85. The highest BCUT2D eigenvalue weighted by molar-refractivity contribution is 5.93. The minimum Gasteiger partial charge on any atom is -0.349 e. The fourth-order valence-electron chi connectivity index (χ4n) is 3.06. The molecule has 2 N–H and O–H groups in total. The van der Waals surface area contributed by atoms with Gasteiger partial charge in [0.25, 0.3) is 11.6 Å². The fraction of sp³-hybridized carbons (Fsp3) is 0.0952. The summed E-state index contributed by atoms with van der Waals surface area (Å²) in [6, 6.07) is 13.2. The summed E-state index contributed by atoms with van der Waals surface area (Å²) in [5.41, 5.74) is 2.55. The smallest absolute Gasteiger partial charge is 0.287 e. The summed E-state index contributed by atoms with van der Waals surface area (Å²) in [6.45, 7) is 0.701. The van der Waals surface area contributed by atoms with Gasteiger partial charge in [0.1, 0.15) is 11.6 Å². The van der Waals surface area contributed by atoms with Crippen molar-refractivity contribution in [2.75, 3.05) is 6.54 Å². The SMILES string of the molecule is N#Cc1ccc(-c2ccn(CCNC(=O)c3cc(-c4cccnc4)[nH]n3)n2)cc1[N+](=O)[O-]. The average molecular weight is 428 g/mol. The van der Waals surface area contributed by atoms with E-state index in [1.807, 2.05) is 6.07 Å². The number of aromatic amines is 1. The molecule has 11 heteroatoms. The molecule has 0 atom stereocenters. The maximum atomic E-state index is 12.3. The number of nitrogens with one attached hydrogen (secondary N) is 2. The van der Waals surface area contributed by atoms with Crippen molar-refractivity contribution in [2.24, 2.45) is 0 Å². The van der Waals surface area contributed by atoms with E-state index < -0.39 is 4.92 Å². The van der Waals surface area contributed by atoms with Gasteiger partial charge in [-0.15, -0.1) is 0 Å². The molecule has 32 heavy (non-hydrogen) atoms. The first kappa shape index (κ1) is 20.4. The van der Waals surface area contributed by atoms with Gasteiger partial charge in [0.2, 0.25) is 0 Å². The molecule has 4 aromatic rings. The van der Waals surface area contributed by atoms with Crippen LogP contribution in [0.25, 0.3) is 22.5 Å². The third kappa shape index (κ3) is 4.34. The molecular weight excluding hydrogens is 412 g/mol. The molecule has 4 rings (SSSR count). The highest BCUT2D eigenvalue weighted by Crippen LogP contribution is 2.25. The molecule has 0 aliphatic heterocycles. The van der Waals surface area contributed by atoms with Crippen LogP contribution in [0.1, 0.15) is 16.1 Å². The topological polar surface area (TPSA) is 155 Å². The summed E-state index contributed by atoms with van der Waals surface area (Å²) in [4.78, 5) is 26.9. The Morgan fingerprint density at radius 2 is 2.12 bits per heavy atom. The van der Waals surface area contributed by atoms with Gasteiger partial charge in [-0.05, 0) is 30.3 Å². The number of amides is 1. The minimum absolute atomic E-state index is 0.00838. The second-order valence-electron chi connectivity index (χ2n) is 6.73. The number of hydrogen-bond donors (Lipinski definition) is 2. The van der Waals surface area contributed by atoms with Crippen LogP contribution in [0.4, 0.5) is 5.69 Å². The van der Waals surface area contributed by atoms with Gasteiger partial charge in [0.05, 0.1) is 22.9 Å². The quantitative estimate of drug-likeness (QED) is 0.338. The average Bonchev–Trinajstić information content (AvgIpc) is 3.49. The number of nitriles is 1. The fourth-order valence-corrected chi connectivity index (χ4v) is 3.06. The van der Waals surface area contributed by atoms with E-state index in [1.54, 1.807) is 53.6 Å². The van der Waals surface area contributed by atoms with Gasteiger partial charge >= 0.3 is 0 Å². The van der Waals surface area contributed by atoms with Crippen LogP contribution in [0.3, 0.4) is 0 Å². The number of aromatic nitrogens is 5. The second kappa shape index (κ2) is 8.88. The van der Waals surface area contributed by atoms with Crippen LogP contribution < -0.4 is 5.32 Å². The molecule has 0 saturated heterocycles. The van der Waals surface area contributed by atoms with Gasteiger partial charge in [-0.2, -0.15) is 15.5 Å². The molecule has 0 fully saturated rings. The Kier molecular flexibility index (Phi) is 5.67. The molecular formula is C21H16N8O3. The van der Waals surface area contributed by atoms with Crippen LogP contribution in [0, 0.1) is 21.4 Å². The number of benzene rings is 1. The minimum atomic E-state index is -0.594. The van der Waals surface area contributed by atoms with Crippen molar-refractivity contribution in [3.8, 4) is 28.6 Å². The van der Waals surface area contributed by atoms with E-state index in [1.165, 1.54) is 12.1 Å². The van der Waals surface area contributed by atoms with Gasteiger partial charge in [-0.1, -0.05) is 6.07 Å². The Bertz CT molecular complexity index is 1320. The molecule has 0 saturated carbocycles. The van der Waals surface area contributed by atoms with Crippen LogP contribution in [0.15, 0.2) is 61.1 Å². The number of carbonyl (C=O) groups is 1. The lowest BCUT2D eigenvalue weighted by atomic mass is 10.1. The first-order valence-electron chi connectivity index (χ1n) is 9.51. The molecule has 0 spiro atoms. The highest BCUT2D eigenvalue weighted by Gasteiger charge is 2.16. The van der Waals surface area contributed by atoms with Crippen molar-refractivity contribution in [1.82, 2.24) is 30.3 Å². The van der Waals surface area contributed by atoms with Gasteiger partial charge in [0.15, 0.2) is 5.69 Å². The van der Waals surface area contributed by atoms with Crippen LogP contribution in [-0.4, -0.2) is 42.3 Å². The number of hydrogen-bond acceptors (Lipinski definition) is 7. The number of H-pyrrole nitrogens is 1. The third-order valence-corrected chi connectivity index (χ3v) is 4.66. The van der Waals surface area contributed by atoms with E-state index in [9.17, 15) is 14.9 Å². The van der Waals surface area contributed by atoms with Crippen molar-refractivity contribution in [2.45, 2.75) is 6.54 Å². The van der Waals surface area contributed by atoms with Gasteiger partial charge in [-0.25, -0.2) is 0 Å². The molecule has 3 heterocycles. The van der Waals surface area contributed by atoms with Crippen molar-refractivity contribution in [3.63, 3.8) is 0 Å². The monoisotopic (exact) mass is 428 g/mol. The summed E-state index contributed by atoms with van der Waals surface area (Å²) in [5.74, 6) is -0.327. The van der Waals surface area contributed by atoms with E-state index in [0.29, 0.717) is 30.0 Å². The summed E-state index contributed by atoms with van der Waals surface area (Å²) in [7, 11) is 0. The van der Waals surface area contributed by atoms with Crippen molar-refractivity contribution in [1.29, 1.82) is 5.26 Å². The van der Waals surface area contributed by atoms with E-state index in [2.05, 4.69) is 25.6 Å². The summed E-state index contributed by atoms with van der Waals surface area (Å²) in [5, 5.41) is 34.2. The Labute approximate surface area is 181 Å². The number of nitro groups is 1. The number of carbonyl (C=O) groups excluding carboxylic acids is 1. The number of nitro benzene ring substituents is 1. The maximum Gasteiger partial charge on any atom is 0.287 e. The zero-order valence-corrected chi connectivity index (χ0v) is 16.6. The Balaban J connectivity index is 1.37. The van der Waals surface area contributed by atoms with Gasteiger partial charge in [-0.3, -0.25) is 29.7 Å². The molecule has 0 unspecified atom stereocenters. The number of pyridine rings is 1. The predicted molar refractivity (Wildman–Crippen MR) is 113 cm³/mol. The van der Waals surface area contributed by atoms with Gasteiger partial charge < -0.3 is 5.32 Å². The Morgan fingerprint density at radius 3 is 2.88 bits per heavy atom. The zero-order valence-electron chi connectivity index (χ0n) is 16.6. The van der Waals surface area contributed by atoms with Gasteiger partial charge in [0, 0.05) is 42.3 Å². The van der Waals surface area contributed by atoms with E-state index in [4.69, 9.17) is 5.26 Å². The summed E-state index contributed by atoms with van der Waals surface area (Å²) in [6.07, 6.45) is 5.05. The highest BCUT2D eigenvalue weighted by atomic mass is 16.6. The molecule has 0 radical (unpaired) electrons. The third-order valence-electron chi connectivity index (χ3n) is 4.66. The maximum absolute atomic E-state index is 12.3. The van der Waals surface area contributed by atoms with Crippen LogP contribution >= 0.6 is 0 Å². The molecule has 1 amide bonds. The largest absolute Gasteiger partial charge is 0.349 e. The van der Waals surface area contributed by atoms with E-state index in [-0.39, 0.29) is 22.9 Å². The van der Waals surface area contributed by atoms with E-state index >= 15 is 0 Å². The second-order valence-corrected chi connectivity index (χ2v) is 6.73. The molecule has 0 aliphatic rings. The number of rotatable bonds is 7. The molecule has 3 aromatic heterocycles. The normalized spacial score (nSPS) is 10.5. The molecule has 0 bridgehead atoms. The van der Waals surface area contributed by atoms with Crippen LogP contribution in [-0.2, 0) is 6.54 Å². The first-order chi connectivity index (χ1) is 15.5. The molecule has 11 nitrogen and oxygen atoms in total. The van der Waals surface area contributed by atoms with Crippen molar-refractivity contribution < 1.29 is 9.72 Å². The first-order valence-corrected chi connectivity index (χ1v) is 9.51. The summed E-state index contributed by atoms with van der Waals surface area (Å²) < 4.78 is 1.62. The Morgan fingerprint density at radius 1 is 1.25 bits per heavy atom. The lowest BCUT2D eigenvalue weighted by Gasteiger charge is -2.04. The standard InChI is InChI=1S/C21H16N8O3/c22-12-15-4-3-14(10-20(15)29(31)32)17-5-8-28(27-17)9-7-24-21(30)19-11-18(25-26-19)16-2-1-6-23-13-16/h1-6,8,10-11,13H,7,9H2,(H,24,30)(H,25,26). The van der Waals surface area contributed by atoms with Crippen LogP contribution in [0.2, 0.25) is 0 Å². The van der Waals surface area contributed by atoms with Crippen molar-refractivity contribution >= 4 is 11.6 Å².